The van der Waals surface area contributed by atoms with E-state index in [-0.39, 0.29) is 29.5 Å². The highest BCUT2D eigenvalue weighted by Crippen LogP contribution is 2.24. The lowest BCUT2D eigenvalue weighted by molar-refractivity contribution is 0.107. The third-order valence-electron chi connectivity index (χ3n) is 4.31. The van der Waals surface area contributed by atoms with E-state index in [2.05, 4.69) is 65.2 Å². The van der Waals surface area contributed by atoms with Crippen molar-refractivity contribution in [1.82, 2.24) is 15.5 Å². The summed E-state index contributed by atoms with van der Waals surface area (Å²) in [6.07, 6.45) is 2.96. The number of nitrogens with zero attached hydrogens (tertiary/aromatic N) is 2. The second kappa shape index (κ2) is 9.27. The number of fused-ring (bicyclic) bond motifs is 1. The molecule has 1 aromatic rings. The van der Waals surface area contributed by atoms with Gasteiger partial charge in [-0.3, -0.25) is 9.89 Å². The Morgan fingerprint density at radius 3 is 2.65 bits per heavy atom. The first-order chi connectivity index (χ1) is 10.6. The van der Waals surface area contributed by atoms with Gasteiger partial charge in [0.1, 0.15) is 0 Å². The predicted octanol–water partition coefficient (Wildman–Crippen LogP) is 2.79. The Morgan fingerprint density at radius 1 is 1.30 bits per heavy atom. The van der Waals surface area contributed by atoms with Gasteiger partial charge in [-0.05, 0) is 31.4 Å². The minimum atomic E-state index is 0. The Hall–Kier alpha value is -1.08. The van der Waals surface area contributed by atoms with E-state index in [9.17, 15) is 0 Å². The van der Waals surface area contributed by atoms with Crippen LogP contribution in [0.3, 0.4) is 0 Å². The molecular weight excluding hydrogens is 399 g/mol. The minimum absolute atomic E-state index is 0. The van der Waals surface area contributed by atoms with Crippen LogP contribution in [0.5, 0.6) is 0 Å². The van der Waals surface area contributed by atoms with Gasteiger partial charge in [-0.25, -0.2) is 0 Å². The molecule has 0 spiro atoms. The van der Waals surface area contributed by atoms with Crippen LogP contribution in [0, 0.1) is 0 Å². The van der Waals surface area contributed by atoms with Crippen LogP contribution in [0.25, 0.3) is 0 Å². The zero-order chi connectivity index (χ0) is 16.0. The van der Waals surface area contributed by atoms with Gasteiger partial charge < -0.3 is 10.6 Å². The van der Waals surface area contributed by atoms with E-state index in [1.807, 2.05) is 6.08 Å². The molecule has 128 valence electrons. The highest BCUT2D eigenvalue weighted by molar-refractivity contribution is 14.0. The standard InChI is InChI=1S/C18H28N4.HI/c1-5-11-20-17(19-4)21-14-18(2,3)22-12-10-15-8-6-7-9-16(15)13-22;/h5-9H,1,10-14H2,2-4H3,(H2,19,20,21);1H. The normalized spacial score (nSPS) is 15.3. The topological polar surface area (TPSA) is 39.7 Å². The summed E-state index contributed by atoms with van der Waals surface area (Å²) in [7, 11) is 1.79. The van der Waals surface area contributed by atoms with Gasteiger partial charge in [-0.1, -0.05) is 30.3 Å². The minimum Gasteiger partial charge on any atom is -0.355 e. The number of nitrogens with one attached hydrogen (secondary N) is 2. The van der Waals surface area contributed by atoms with Crippen LogP contribution in [0.4, 0.5) is 0 Å². The monoisotopic (exact) mass is 428 g/mol. The van der Waals surface area contributed by atoms with Crippen molar-refractivity contribution in [1.29, 1.82) is 0 Å². The molecule has 1 aliphatic rings. The van der Waals surface area contributed by atoms with Crippen molar-refractivity contribution in [3.8, 4) is 0 Å². The molecule has 0 fully saturated rings. The fraction of sp³-hybridized carbons (Fsp3) is 0.500. The second-order valence-corrected chi connectivity index (χ2v) is 6.35. The van der Waals surface area contributed by atoms with Crippen LogP contribution in [0.2, 0.25) is 0 Å². The van der Waals surface area contributed by atoms with Gasteiger partial charge in [0.05, 0.1) is 0 Å². The predicted molar refractivity (Wildman–Crippen MR) is 110 cm³/mol. The van der Waals surface area contributed by atoms with Gasteiger partial charge in [-0.2, -0.15) is 0 Å². The molecule has 0 radical (unpaired) electrons. The fourth-order valence-corrected chi connectivity index (χ4v) is 2.81. The molecule has 0 saturated carbocycles. The van der Waals surface area contributed by atoms with Crippen molar-refractivity contribution >= 4 is 29.9 Å². The highest BCUT2D eigenvalue weighted by atomic mass is 127. The third kappa shape index (κ3) is 5.49. The van der Waals surface area contributed by atoms with Crippen molar-refractivity contribution in [2.45, 2.75) is 32.4 Å². The van der Waals surface area contributed by atoms with Crippen LogP contribution in [0.1, 0.15) is 25.0 Å². The number of hydrogen-bond acceptors (Lipinski definition) is 2. The Kier molecular flexibility index (Phi) is 8.05. The summed E-state index contributed by atoms with van der Waals surface area (Å²) in [6, 6.07) is 8.76. The number of halogens is 1. The molecule has 0 amide bonds. The van der Waals surface area contributed by atoms with Gasteiger partial charge in [0.25, 0.3) is 0 Å². The molecule has 4 nitrogen and oxygen atoms in total. The first kappa shape index (κ1) is 20.0. The Morgan fingerprint density at radius 2 is 2.00 bits per heavy atom. The summed E-state index contributed by atoms with van der Waals surface area (Å²) in [5.41, 5.74) is 3.02. The lowest BCUT2D eigenvalue weighted by atomic mass is 9.94. The van der Waals surface area contributed by atoms with Crippen LogP contribution >= 0.6 is 24.0 Å². The van der Waals surface area contributed by atoms with E-state index in [4.69, 9.17) is 0 Å². The first-order valence-corrected chi connectivity index (χ1v) is 7.94. The Balaban J connectivity index is 0.00000264. The molecule has 2 rings (SSSR count). The van der Waals surface area contributed by atoms with E-state index in [0.717, 1.165) is 38.6 Å². The fourth-order valence-electron chi connectivity index (χ4n) is 2.81. The molecular formula is C18H29IN4. The van der Waals surface area contributed by atoms with E-state index >= 15 is 0 Å². The van der Waals surface area contributed by atoms with Crippen molar-refractivity contribution in [2.75, 3.05) is 26.7 Å². The maximum absolute atomic E-state index is 4.24. The van der Waals surface area contributed by atoms with Crippen molar-refractivity contribution < 1.29 is 0 Å². The number of rotatable bonds is 5. The quantitative estimate of drug-likeness (QED) is 0.328. The largest absolute Gasteiger partial charge is 0.355 e. The van der Waals surface area contributed by atoms with Crippen molar-refractivity contribution in [2.24, 2.45) is 4.99 Å². The summed E-state index contributed by atoms with van der Waals surface area (Å²) in [4.78, 5) is 6.78. The summed E-state index contributed by atoms with van der Waals surface area (Å²) < 4.78 is 0. The van der Waals surface area contributed by atoms with E-state index in [1.54, 1.807) is 7.05 Å². The van der Waals surface area contributed by atoms with Gasteiger partial charge in [0.2, 0.25) is 0 Å². The SMILES string of the molecule is C=CCNC(=NC)NCC(C)(C)N1CCc2ccccc2C1.I. The maximum Gasteiger partial charge on any atom is 0.191 e. The molecule has 5 heteroatoms. The molecule has 1 aliphatic heterocycles. The zero-order valence-electron chi connectivity index (χ0n) is 14.4. The zero-order valence-corrected chi connectivity index (χ0v) is 16.8. The van der Waals surface area contributed by atoms with E-state index < -0.39 is 0 Å². The summed E-state index contributed by atoms with van der Waals surface area (Å²) in [5.74, 6) is 0.824. The van der Waals surface area contributed by atoms with Crippen LogP contribution in [-0.4, -0.2) is 43.1 Å². The molecule has 0 aliphatic carbocycles. The number of hydrogen-bond donors (Lipinski definition) is 2. The molecule has 0 saturated heterocycles. The molecule has 0 bridgehead atoms. The molecule has 23 heavy (non-hydrogen) atoms. The molecule has 0 unspecified atom stereocenters. The van der Waals surface area contributed by atoms with Crippen LogP contribution in [0.15, 0.2) is 41.9 Å². The van der Waals surface area contributed by atoms with Crippen molar-refractivity contribution in [3.63, 3.8) is 0 Å². The molecule has 1 heterocycles. The Labute approximate surface area is 157 Å². The van der Waals surface area contributed by atoms with Gasteiger partial charge in [0, 0.05) is 38.8 Å². The summed E-state index contributed by atoms with van der Waals surface area (Å²) >= 11 is 0. The number of aliphatic imine (C=N–C) groups is 1. The second-order valence-electron chi connectivity index (χ2n) is 6.35. The lowest BCUT2D eigenvalue weighted by Gasteiger charge is -2.42. The maximum atomic E-state index is 4.24. The number of benzene rings is 1. The molecule has 0 aromatic heterocycles. The van der Waals surface area contributed by atoms with Gasteiger partial charge in [-0.15, -0.1) is 30.6 Å². The lowest BCUT2D eigenvalue weighted by Crippen LogP contribution is -2.54. The van der Waals surface area contributed by atoms with E-state index in [1.165, 1.54) is 11.1 Å². The third-order valence-corrected chi connectivity index (χ3v) is 4.31. The molecule has 2 N–H and O–H groups in total. The number of guanidine groups is 1. The first-order valence-electron chi connectivity index (χ1n) is 7.94. The van der Waals surface area contributed by atoms with Crippen LogP contribution < -0.4 is 10.6 Å². The van der Waals surface area contributed by atoms with Gasteiger partial charge >= 0.3 is 0 Å². The Bertz CT molecular complexity index is 540. The smallest absolute Gasteiger partial charge is 0.191 e. The van der Waals surface area contributed by atoms with E-state index in [0.29, 0.717) is 0 Å². The highest BCUT2D eigenvalue weighted by Gasteiger charge is 2.29. The van der Waals surface area contributed by atoms with Crippen molar-refractivity contribution in [3.05, 3.63) is 48.0 Å². The summed E-state index contributed by atoms with van der Waals surface area (Å²) in [6.45, 7) is 12.0. The van der Waals surface area contributed by atoms with Crippen LogP contribution in [-0.2, 0) is 13.0 Å². The van der Waals surface area contributed by atoms with Gasteiger partial charge in [0.15, 0.2) is 5.96 Å². The average Bonchev–Trinajstić information content (AvgIpc) is 2.54. The summed E-state index contributed by atoms with van der Waals surface area (Å²) in [5, 5.41) is 6.63. The molecule has 1 aromatic carbocycles. The molecule has 0 atom stereocenters. The average molecular weight is 428 g/mol.